The molecule has 0 saturated heterocycles. The molecule has 94 valence electrons. The molecule has 1 atom stereocenters. The maximum absolute atomic E-state index is 6.24. The molecule has 0 heterocycles. The van der Waals surface area contributed by atoms with E-state index in [0.29, 0.717) is 0 Å². The van der Waals surface area contributed by atoms with Crippen molar-refractivity contribution >= 4 is 11.6 Å². The largest absolute Gasteiger partial charge is 0.271 e. The fourth-order valence-corrected chi connectivity index (χ4v) is 2.39. The average Bonchev–Trinajstić information content (AvgIpc) is 2.37. The number of hydrogen-bond donors (Lipinski definition) is 2. The second-order valence-corrected chi connectivity index (χ2v) is 4.82. The van der Waals surface area contributed by atoms with E-state index in [2.05, 4.69) is 31.4 Å². The van der Waals surface area contributed by atoms with Crippen LogP contribution in [0.2, 0.25) is 5.02 Å². The molecule has 3 heteroatoms. The van der Waals surface area contributed by atoms with Crippen LogP contribution >= 0.6 is 11.6 Å². The zero-order valence-electron chi connectivity index (χ0n) is 10.6. The number of nitrogens with one attached hydrogen (secondary N) is 1. The zero-order valence-corrected chi connectivity index (χ0v) is 11.3. The number of hydrazine groups is 1. The third-order valence-corrected chi connectivity index (χ3v) is 3.68. The van der Waals surface area contributed by atoms with E-state index < -0.39 is 0 Å². The highest BCUT2D eigenvalue weighted by Gasteiger charge is 2.17. The molecule has 2 rings (SSSR count). The van der Waals surface area contributed by atoms with Gasteiger partial charge in [0.2, 0.25) is 0 Å². The summed E-state index contributed by atoms with van der Waals surface area (Å²) in [6.45, 7) is 4.20. The van der Waals surface area contributed by atoms with E-state index in [1.54, 1.807) is 0 Å². The maximum atomic E-state index is 6.24. The van der Waals surface area contributed by atoms with Gasteiger partial charge < -0.3 is 0 Å². The number of aryl methyl sites for hydroxylation is 1. The predicted octanol–water partition coefficient (Wildman–Crippen LogP) is 3.51. The Kier molecular flexibility index (Phi) is 4.02. The van der Waals surface area contributed by atoms with Crippen molar-refractivity contribution in [2.45, 2.75) is 19.9 Å². The van der Waals surface area contributed by atoms with Gasteiger partial charge in [-0.2, -0.15) is 0 Å². The van der Waals surface area contributed by atoms with Crippen molar-refractivity contribution in [1.29, 1.82) is 0 Å². The lowest BCUT2D eigenvalue weighted by molar-refractivity contribution is 0.633. The summed E-state index contributed by atoms with van der Waals surface area (Å²) in [5, 5.41) is 0.723. The SMILES string of the molecule is Cc1cccc(C(NN)c2ccccc2Cl)c1C. The molecule has 0 aliphatic rings. The van der Waals surface area contributed by atoms with E-state index in [-0.39, 0.29) is 6.04 Å². The van der Waals surface area contributed by atoms with Gasteiger partial charge in [0.05, 0.1) is 6.04 Å². The van der Waals surface area contributed by atoms with E-state index in [1.165, 1.54) is 11.1 Å². The first-order valence-corrected chi connectivity index (χ1v) is 6.29. The van der Waals surface area contributed by atoms with E-state index in [9.17, 15) is 0 Å². The summed E-state index contributed by atoms with van der Waals surface area (Å²) in [7, 11) is 0. The summed E-state index contributed by atoms with van der Waals surface area (Å²) in [5.41, 5.74) is 7.50. The van der Waals surface area contributed by atoms with Gasteiger partial charge >= 0.3 is 0 Å². The van der Waals surface area contributed by atoms with Crippen molar-refractivity contribution in [3.8, 4) is 0 Å². The van der Waals surface area contributed by atoms with Gasteiger partial charge in [0, 0.05) is 5.02 Å². The summed E-state index contributed by atoms with van der Waals surface area (Å²) in [4.78, 5) is 0. The summed E-state index contributed by atoms with van der Waals surface area (Å²) < 4.78 is 0. The van der Waals surface area contributed by atoms with Crippen LogP contribution in [0.1, 0.15) is 28.3 Å². The highest BCUT2D eigenvalue weighted by atomic mass is 35.5. The van der Waals surface area contributed by atoms with E-state index in [1.807, 2.05) is 30.3 Å². The Morgan fingerprint density at radius 2 is 1.67 bits per heavy atom. The average molecular weight is 261 g/mol. The lowest BCUT2D eigenvalue weighted by Crippen LogP contribution is -2.29. The van der Waals surface area contributed by atoms with Crippen LogP contribution < -0.4 is 11.3 Å². The van der Waals surface area contributed by atoms with Crippen LogP contribution in [-0.2, 0) is 0 Å². The molecule has 2 aromatic rings. The lowest BCUT2D eigenvalue weighted by Gasteiger charge is -2.21. The summed E-state index contributed by atoms with van der Waals surface area (Å²) in [6.07, 6.45) is 0. The standard InChI is InChI=1S/C15H17ClN2/c1-10-6-5-8-12(11(10)2)15(18-17)13-7-3-4-9-14(13)16/h3-9,15,18H,17H2,1-2H3. The first-order chi connectivity index (χ1) is 8.65. The van der Waals surface area contributed by atoms with E-state index in [4.69, 9.17) is 17.4 Å². The van der Waals surface area contributed by atoms with Crippen molar-refractivity contribution in [1.82, 2.24) is 5.43 Å². The smallest absolute Gasteiger partial charge is 0.0727 e. The van der Waals surface area contributed by atoms with Gasteiger partial charge in [-0.05, 0) is 42.2 Å². The van der Waals surface area contributed by atoms with Crippen LogP contribution in [0.25, 0.3) is 0 Å². The number of halogens is 1. The minimum Gasteiger partial charge on any atom is -0.271 e. The van der Waals surface area contributed by atoms with Gasteiger partial charge in [0.25, 0.3) is 0 Å². The molecular formula is C15H17ClN2. The van der Waals surface area contributed by atoms with Gasteiger partial charge in [-0.25, -0.2) is 5.43 Å². The monoisotopic (exact) mass is 260 g/mol. The topological polar surface area (TPSA) is 38.0 Å². The van der Waals surface area contributed by atoms with Gasteiger partial charge in [-0.15, -0.1) is 0 Å². The highest BCUT2D eigenvalue weighted by molar-refractivity contribution is 6.31. The third kappa shape index (κ3) is 2.41. The quantitative estimate of drug-likeness (QED) is 0.655. The molecule has 0 bridgehead atoms. The summed E-state index contributed by atoms with van der Waals surface area (Å²) >= 11 is 6.24. The fraction of sp³-hybridized carbons (Fsp3) is 0.200. The third-order valence-electron chi connectivity index (χ3n) is 3.34. The molecule has 2 aromatic carbocycles. The second kappa shape index (κ2) is 5.53. The van der Waals surface area contributed by atoms with E-state index >= 15 is 0 Å². The Hall–Kier alpha value is -1.35. The van der Waals surface area contributed by atoms with Crippen molar-refractivity contribution in [2.24, 2.45) is 5.84 Å². The summed E-state index contributed by atoms with van der Waals surface area (Å²) in [5.74, 6) is 5.72. The molecule has 1 unspecified atom stereocenters. The van der Waals surface area contributed by atoms with E-state index in [0.717, 1.165) is 16.1 Å². The molecule has 0 aliphatic heterocycles. The summed E-state index contributed by atoms with van der Waals surface area (Å²) in [6, 6.07) is 13.9. The van der Waals surface area contributed by atoms with Crippen molar-refractivity contribution in [3.05, 3.63) is 69.7 Å². The molecule has 0 saturated carbocycles. The van der Waals surface area contributed by atoms with Crippen LogP contribution in [0.5, 0.6) is 0 Å². The van der Waals surface area contributed by atoms with Crippen molar-refractivity contribution in [2.75, 3.05) is 0 Å². The first-order valence-electron chi connectivity index (χ1n) is 5.92. The number of hydrogen-bond acceptors (Lipinski definition) is 2. The Bertz CT molecular complexity index is 552. The molecule has 0 spiro atoms. The van der Waals surface area contributed by atoms with Crippen LogP contribution in [0, 0.1) is 13.8 Å². The second-order valence-electron chi connectivity index (χ2n) is 4.41. The zero-order chi connectivity index (χ0) is 13.1. The van der Waals surface area contributed by atoms with Crippen LogP contribution in [-0.4, -0.2) is 0 Å². The molecular weight excluding hydrogens is 244 g/mol. The van der Waals surface area contributed by atoms with Gasteiger partial charge in [-0.3, -0.25) is 5.84 Å². The number of rotatable bonds is 3. The Labute approximate surface area is 113 Å². The first kappa shape index (κ1) is 13.1. The predicted molar refractivity (Wildman–Crippen MR) is 76.5 cm³/mol. The van der Waals surface area contributed by atoms with Gasteiger partial charge in [0.1, 0.15) is 0 Å². The normalized spacial score (nSPS) is 12.4. The number of benzene rings is 2. The molecule has 0 aliphatic carbocycles. The van der Waals surface area contributed by atoms with Crippen LogP contribution in [0.3, 0.4) is 0 Å². The minimum atomic E-state index is -0.0846. The highest BCUT2D eigenvalue weighted by Crippen LogP contribution is 2.30. The molecule has 0 aromatic heterocycles. The molecule has 18 heavy (non-hydrogen) atoms. The van der Waals surface area contributed by atoms with Gasteiger partial charge in [-0.1, -0.05) is 48.0 Å². The van der Waals surface area contributed by atoms with Crippen LogP contribution in [0.4, 0.5) is 0 Å². The fourth-order valence-electron chi connectivity index (χ4n) is 2.14. The Morgan fingerprint density at radius 3 is 2.33 bits per heavy atom. The maximum Gasteiger partial charge on any atom is 0.0727 e. The van der Waals surface area contributed by atoms with Crippen molar-refractivity contribution in [3.63, 3.8) is 0 Å². The molecule has 0 fully saturated rings. The minimum absolute atomic E-state index is 0.0846. The van der Waals surface area contributed by atoms with Crippen molar-refractivity contribution < 1.29 is 0 Å². The lowest BCUT2D eigenvalue weighted by atomic mass is 9.93. The molecule has 0 amide bonds. The molecule has 2 nitrogen and oxygen atoms in total. The van der Waals surface area contributed by atoms with Crippen LogP contribution in [0.15, 0.2) is 42.5 Å². The van der Waals surface area contributed by atoms with Gasteiger partial charge in [0.15, 0.2) is 0 Å². The number of nitrogens with two attached hydrogens (primary N) is 1. The Morgan fingerprint density at radius 1 is 1.00 bits per heavy atom. The molecule has 3 N–H and O–H groups in total. The molecule has 0 radical (unpaired) electrons. The Balaban J connectivity index is 2.53.